The van der Waals surface area contributed by atoms with Crippen LogP contribution in [0.25, 0.3) is 11.1 Å². The van der Waals surface area contributed by atoms with Gasteiger partial charge in [0.25, 0.3) is 5.69 Å². The molecular weight excluding hydrogens is 198 g/mol. The average molecular weight is 200 g/mol. The van der Waals surface area contributed by atoms with Crippen molar-refractivity contribution >= 4 is 28.4 Å². The lowest BCUT2D eigenvalue weighted by Crippen LogP contribution is -1.88. The van der Waals surface area contributed by atoms with Gasteiger partial charge in [-0.15, -0.1) is 5.10 Å². The zero-order chi connectivity index (χ0) is 9.42. The van der Waals surface area contributed by atoms with Crippen molar-refractivity contribution < 1.29 is 9.45 Å². The highest BCUT2D eigenvalue weighted by molar-refractivity contribution is 6.36. The zero-order valence-electron chi connectivity index (χ0n) is 6.10. The highest BCUT2D eigenvalue weighted by atomic mass is 35.5. The largest absolute Gasteiger partial charge is 0.337 e. The van der Waals surface area contributed by atoms with Crippen LogP contribution in [0.5, 0.6) is 0 Å². The summed E-state index contributed by atoms with van der Waals surface area (Å²) >= 11 is 5.67. The van der Waals surface area contributed by atoms with Gasteiger partial charge in [-0.3, -0.25) is 10.1 Å². The van der Waals surface area contributed by atoms with Crippen LogP contribution in [0.3, 0.4) is 0 Å². The van der Waals surface area contributed by atoms with E-state index in [4.69, 9.17) is 11.6 Å². The number of nitrogens with zero attached hydrogens (tertiary/aromatic N) is 3. The summed E-state index contributed by atoms with van der Waals surface area (Å²) in [6.07, 6.45) is 0. The third kappa shape index (κ3) is 1.11. The highest BCUT2D eigenvalue weighted by Gasteiger charge is 2.17. The van der Waals surface area contributed by atoms with Gasteiger partial charge in [0.1, 0.15) is 5.02 Å². The number of rotatable bonds is 1. The smallest absolute Gasteiger partial charge is 0.290 e. The third-order valence-corrected chi connectivity index (χ3v) is 1.91. The van der Waals surface area contributed by atoms with E-state index in [9.17, 15) is 10.1 Å². The molecule has 0 aliphatic carbocycles. The molecule has 0 spiro atoms. The zero-order valence-corrected chi connectivity index (χ0v) is 6.85. The van der Waals surface area contributed by atoms with Gasteiger partial charge in [-0.05, 0) is 6.07 Å². The molecule has 6 nitrogen and oxygen atoms in total. The molecule has 0 saturated carbocycles. The van der Waals surface area contributed by atoms with Crippen LogP contribution in [-0.4, -0.2) is 15.3 Å². The maximum atomic E-state index is 10.4. The van der Waals surface area contributed by atoms with E-state index < -0.39 is 4.92 Å². The predicted octanol–water partition coefficient (Wildman–Crippen LogP) is 1.78. The summed E-state index contributed by atoms with van der Waals surface area (Å²) in [6.45, 7) is 0. The lowest BCUT2D eigenvalue weighted by atomic mass is 10.3. The number of nitro benzene ring substituents is 1. The molecule has 0 bridgehead atoms. The van der Waals surface area contributed by atoms with Crippen molar-refractivity contribution in [1.29, 1.82) is 0 Å². The minimum absolute atomic E-state index is 0.0521. The number of fused-ring (bicyclic) bond motifs is 1. The van der Waals surface area contributed by atoms with Crippen molar-refractivity contribution in [3.63, 3.8) is 0 Å². The molecule has 7 heteroatoms. The van der Waals surface area contributed by atoms with E-state index in [0.717, 1.165) is 0 Å². The minimum atomic E-state index is -0.587. The fourth-order valence-corrected chi connectivity index (χ4v) is 1.21. The summed E-state index contributed by atoms with van der Waals surface area (Å²) < 4.78 is 4.67. The average Bonchev–Trinajstić information content (AvgIpc) is 2.52. The van der Waals surface area contributed by atoms with Crippen LogP contribution < -0.4 is 0 Å². The van der Waals surface area contributed by atoms with E-state index in [-0.39, 0.29) is 16.2 Å². The molecule has 0 N–H and O–H groups in total. The number of aromatic nitrogens is 2. The van der Waals surface area contributed by atoms with Gasteiger partial charge in [0.15, 0.2) is 11.1 Å². The van der Waals surface area contributed by atoms with Crippen molar-refractivity contribution in [3.05, 3.63) is 27.3 Å². The molecule has 1 aromatic carbocycles. The maximum Gasteiger partial charge on any atom is 0.290 e. The van der Waals surface area contributed by atoms with Crippen LogP contribution in [0.15, 0.2) is 16.7 Å². The first-order valence-corrected chi connectivity index (χ1v) is 3.63. The summed E-state index contributed by atoms with van der Waals surface area (Å²) in [5.41, 5.74) is 0.330. The third-order valence-electron chi connectivity index (χ3n) is 1.54. The Morgan fingerprint density at radius 3 is 3.00 bits per heavy atom. The Labute approximate surface area is 76.2 Å². The van der Waals surface area contributed by atoms with Crippen molar-refractivity contribution in [2.24, 2.45) is 0 Å². The molecule has 0 amide bonds. The van der Waals surface area contributed by atoms with E-state index in [0.29, 0.717) is 5.58 Å². The normalized spacial score (nSPS) is 10.5. The fraction of sp³-hybridized carbons (Fsp3) is 0. The number of hydrogen-bond donors (Lipinski definition) is 0. The second kappa shape index (κ2) is 2.67. The molecule has 0 radical (unpaired) electrons. The standard InChI is InChI=1S/C6H2ClN3O3/c7-5-3(10(11)12)1-2-4-6(5)8-9-13-4/h1-2H. The lowest BCUT2D eigenvalue weighted by Gasteiger charge is -1.92. The molecule has 0 fully saturated rings. The SMILES string of the molecule is O=[N+]([O-])c1ccc2onnc2c1Cl. The van der Waals surface area contributed by atoms with Gasteiger partial charge in [0, 0.05) is 11.3 Å². The van der Waals surface area contributed by atoms with E-state index in [1.165, 1.54) is 12.1 Å². The molecule has 13 heavy (non-hydrogen) atoms. The van der Waals surface area contributed by atoms with Gasteiger partial charge in [-0.1, -0.05) is 11.6 Å². The van der Waals surface area contributed by atoms with Crippen molar-refractivity contribution in [2.75, 3.05) is 0 Å². The first-order chi connectivity index (χ1) is 6.20. The van der Waals surface area contributed by atoms with Crippen LogP contribution >= 0.6 is 11.6 Å². The monoisotopic (exact) mass is 199 g/mol. The molecule has 2 aromatic rings. The Balaban J connectivity index is 2.80. The van der Waals surface area contributed by atoms with Gasteiger partial charge in [0.05, 0.1) is 4.92 Å². The van der Waals surface area contributed by atoms with E-state index in [1.54, 1.807) is 0 Å². The molecular formula is C6H2ClN3O3. The molecule has 0 aliphatic rings. The first-order valence-electron chi connectivity index (χ1n) is 3.25. The van der Waals surface area contributed by atoms with Crippen molar-refractivity contribution in [3.8, 4) is 0 Å². The van der Waals surface area contributed by atoms with Crippen LogP contribution in [0.2, 0.25) is 5.02 Å². The Morgan fingerprint density at radius 2 is 2.31 bits per heavy atom. The van der Waals surface area contributed by atoms with E-state index >= 15 is 0 Å². The van der Waals surface area contributed by atoms with E-state index in [1.807, 2.05) is 0 Å². The first kappa shape index (κ1) is 7.93. The number of benzene rings is 1. The van der Waals surface area contributed by atoms with Gasteiger partial charge in [0.2, 0.25) is 0 Å². The summed E-state index contributed by atoms with van der Waals surface area (Å²) in [6, 6.07) is 2.65. The molecule has 2 rings (SSSR count). The summed E-state index contributed by atoms with van der Waals surface area (Å²) in [7, 11) is 0. The highest BCUT2D eigenvalue weighted by Crippen LogP contribution is 2.30. The van der Waals surface area contributed by atoms with Crippen LogP contribution in [-0.2, 0) is 0 Å². The molecule has 66 valence electrons. The second-order valence-corrected chi connectivity index (χ2v) is 2.65. The van der Waals surface area contributed by atoms with Crippen molar-refractivity contribution in [1.82, 2.24) is 10.4 Å². The Hall–Kier alpha value is -1.69. The molecule has 0 atom stereocenters. The molecule has 0 aliphatic heterocycles. The summed E-state index contributed by atoms with van der Waals surface area (Å²) in [5.74, 6) is 0. The Bertz CT molecular complexity index is 481. The van der Waals surface area contributed by atoms with Crippen molar-refractivity contribution in [2.45, 2.75) is 0 Å². The van der Waals surface area contributed by atoms with Crippen LogP contribution in [0.1, 0.15) is 0 Å². The molecule has 1 heterocycles. The number of nitro groups is 1. The quantitative estimate of drug-likeness (QED) is 0.516. The topological polar surface area (TPSA) is 82.1 Å². The van der Waals surface area contributed by atoms with Gasteiger partial charge >= 0.3 is 0 Å². The Morgan fingerprint density at radius 1 is 1.54 bits per heavy atom. The number of halogens is 1. The summed E-state index contributed by atoms with van der Waals surface area (Å²) in [4.78, 5) is 9.84. The number of hydrogen-bond acceptors (Lipinski definition) is 5. The molecule has 0 saturated heterocycles. The Kier molecular flexibility index (Phi) is 1.63. The summed E-state index contributed by atoms with van der Waals surface area (Å²) in [5, 5.41) is 17.1. The maximum absolute atomic E-state index is 10.4. The van der Waals surface area contributed by atoms with Crippen LogP contribution in [0.4, 0.5) is 5.69 Å². The predicted molar refractivity (Wildman–Crippen MR) is 43.5 cm³/mol. The lowest BCUT2D eigenvalue weighted by molar-refractivity contribution is -0.384. The molecule has 1 aromatic heterocycles. The minimum Gasteiger partial charge on any atom is -0.337 e. The van der Waals surface area contributed by atoms with Gasteiger partial charge in [-0.25, -0.2) is 0 Å². The van der Waals surface area contributed by atoms with Crippen LogP contribution in [0, 0.1) is 10.1 Å². The fourth-order valence-electron chi connectivity index (χ4n) is 0.949. The van der Waals surface area contributed by atoms with E-state index in [2.05, 4.69) is 14.9 Å². The van der Waals surface area contributed by atoms with Gasteiger partial charge in [-0.2, -0.15) is 0 Å². The molecule has 0 unspecified atom stereocenters. The second-order valence-electron chi connectivity index (χ2n) is 2.28. The van der Waals surface area contributed by atoms with Gasteiger partial charge < -0.3 is 4.52 Å².